The van der Waals surface area contributed by atoms with Crippen LogP contribution in [0.3, 0.4) is 0 Å². The molecule has 0 N–H and O–H groups in total. The third kappa shape index (κ3) is 3.04. The standard InChI is InChI=1S/C12H14Br4/c13-9(14)7-11-1-2-12(5-3-11,6-4-11)8-10(15)16/h7-8H,1-6H2. The minimum Gasteiger partial charge on any atom is -0.0570 e. The zero-order valence-corrected chi connectivity index (χ0v) is 15.3. The lowest BCUT2D eigenvalue weighted by atomic mass is 9.54. The molecule has 0 unspecified atom stereocenters. The third-order valence-electron chi connectivity index (χ3n) is 4.19. The van der Waals surface area contributed by atoms with Gasteiger partial charge in [-0.1, -0.05) is 12.2 Å². The summed E-state index contributed by atoms with van der Waals surface area (Å²) in [7, 11) is 0. The number of hydrogen-bond acceptors (Lipinski definition) is 0. The van der Waals surface area contributed by atoms with E-state index in [4.69, 9.17) is 0 Å². The molecule has 90 valence electrons. The molecule has 4 heteroatoms. The summed E-state index contributed by atoms with van der Waals surface area (Å²) < 4.78 is 2.23. The second-order valence-electron chi connectivity index (χ2n) is 5.09. The molecule has 0 aromatic heterocycles. The van der Waals surface area contributed by atoms with Gasteiger partial charge in [-0.05, 0) is 113 Å². The lowest BCUT2D eigenvalue weighted by Gasteiger charge is -2.51. The molecule has 0 atom stereocenters. The molecule has 0 aliphatic heterocycles. The zero-order chi connectivity index (χ0) is 11.8. The van der Waals surface area contributed by atoms with Gasteiger partial charge in [0.05, 0.1) is 6.78 Å². The molecule has 3 aliphatic rings. The Morgan fingerprint density at radius 2 is 0.875 bits per heavy atom. The molecule has 0 saturated heterocycles. The van der Waals surface area contributed by atoms with Crippen molar-refractivity contribution in [3.8, 4) is 0 Å². The summed E-state index contributed by atoms with van der Waals surface area (Å²) in [6.07, 6.45) is 12.7. The van der Waals surface area contributed by atoms with Gasteiger partial charge in [0.1, 0.15) is 0 Å². The van der Waals surface area contributed by atoms with Crippen molar-refractivity contribution < 1.29 is 0 Å². The summed E-state index contributed by atoms with van der Waals surface area (Å²) in [5.41, 5.74) is 0.910. The van der Waals surface area contributed by atoms with Gasteiger partial charge < -0.3 is 0 Å². The fourth-order valence-corrected chi connectivity index (χ4v) is 5.08. The molecule has 0 aromatic rings. The molecular formula is C12H14Br4. The molecular weight excluding hydrogens is 464 g/mol. The number of hydrogen-bond donors (Lipinski definition) is 0. The van der Waals surface area contributed by atoms with Gasteiger partial charge in [0.25, 0.3) is 0 Å². The van der Waals surface area contributed by atoms with Crippen molar-refractivity contribution in [1.29, 1.82) is 0 Å². The van der Waals surface area contributed by atoms with Crippen LogP contribution in [0.4, 0.5) is 0 Å². The Kier molecular flexibility index (Phi) is 4.48. The molecule has 2 bridgehead atoms. The van der Waals surface area contributed by atoms with Crippen LogP contribution in [-0.2, 0) is 0 Å². The first-order valence-electron chi connectivity index (χ1n) is 5.53. The molecule has 0 heterocycles. The van der Waals surface area contributed by atoms with Crippen molar-refractivity contribution >= 4 is 63.7 Å². The van der Waals surface area contributed by atoms with E-state index < -0.39 is 0 Å². The second-order valence-corrected chi connectivity index (χ2v) is 10.6. The van der Waals surface area contributed by atoms with E-state index in [2.05, 4.69) is 75.9 Å². The minimum absolute atomic E-state index is 0.455. The van der Waals surface area contributed by atoms with Gasteiger partial charge in [0, 0.05) is 0 Å². The summed E-state index contributed by atoms with van der Waals surface area (Å²) in [4.78, 5) is 0. The van der Waals surface area contributed by atoms with E-state index in [1.165, 1.54) is 38.5 Å². The van der Waals surface area contributed by atoms with Crippen molar-refractivity contribution in [3.63, 3.8) is 0 Å². The van der Waals surface area contributed by atoms with Crippen LogP contribution in [0.25, 0.3) is 0 Å². The lowest BCUT2D eigenvalue weighted by molar-refractivity contribution is 0.0578. The third-order valence-corrected chi connectivity index (χ3v) is 5.11. The Labute approximate surface area is 131 Å². The van der Waals surface area contributed by atoms with Crippen molar-refractivity contribution in [2.24, 2.45) is 10.8 Å². The van der Waals surface area contributed by atoms with E-state index in [0.717, 1.165) is 6.78 Å². The molecule has 0 aromatic carbocycles. The van der Waals surface area contributed by atoms with Gasteiger partial charge in [-0.2, -0.15) is 0 Å². The van der Waals surface area contributed by atoms with Crippen molar-refractivity contribution in [3.05, 3.63) is 18.9 Å². The largest absolute Gasteiger partial charge is 0.0570 e. The predicted molar refractivity (Wildman–Crippen MR) is 84.4 cm³/mol. The Hall–Kier alpha value is 1.40. The molecule has 0 nitrogen and oxygen atoms in total. The molecule has 0 radical (unpaired) electrons. The Morgan fingerprint density at radius 3 is 1.06 bits per heavy atom. The molecule has 3 aliphatic carbocycles. The number of rotatable bonds is 2. The predicted octanol–water partition coefficient (Wildman–Crippen LogP) is 6.59. The summed E-state index contributed by atoms with van der Waals surface area (Å²) in [6.45, 7) is 0. The van der Waals surface area contributed by atoms with Crippen LogP contribution in [0.15, 0.2) is 18.9 Å². The maximum Gasteiger partial charge on any atom is 0.0569 e. The normalized spacial score (nSPS) is 37.0. The maximum absolute atomic E-state index is 3.51. The Balaban J connectivity index is 2.15. The quantitative estimate of drug-likeness (QED) is 0.421. The second kappa shape index (κ2) is 5.18. The van der Waals surface area contributed by atoms with E-state index in [1.807, 2.05) is 0 Å². The minimum atomic E-state index is 0.455. The van der Waals surface area contributed by atoms with Crippen LogP contribution in [0.2, 0.25) is 0 Å². The van der Waals surface area contributed by atoms with Gasteiger partial charge in [0.2, 0.25) is 0 Å². The Morgan fingerprint density at radius 1 is 0.625 bits per heavy atom. The summed E-state index contributed by atoms with van der Waals surface area (Å²) in [5, 5.41) is 0. The first kappa shape index (κ1) is 13.8. The van der Waals surface area contributed by atoms with Gasteiger partial charge in [0.15, 0.2) is 0 Å². The molecule has 0 amide bonds. The molecule has 16 heavy (non-hydrogen) atoms. The first-order valence-corrected chi connectivity index (χ1v) is 8.70. The molecule has 3 rings (SSSR count). The highest BCUT2D eigenvalue weighted by molar-refractivity contribution is 9.28. The topological polar surface area (TPSA) is 0 Å². The Bertz CT molecular complexity index is 276. The molecule has 0 spiro atoms. The van der Waals surface area contributed by atoms with Gasteiger partial charge >= 0.3 is 0 Å². The van der Waals surface area contributed by atoms with Crippen molar-refractivity contribution in [2.45, 2.75) is 38.5 Å². The summed E-state index contributed by atoms with van der Waals surface area (Å²) >= 11 is 14.0. The van der Waals surface area contributed by atoms with Crippen LogP contribution >= 0.6 is 63.7 Å². The average molecular weight is 478 g/mol. The summed E-state index contributed by atoms with van der Waals surface area (Å²) in [5.74, 6) is 0. The average Bonchev–Trinajstić information content (AvgIpc) is 2.18. The molecule has 3 saturated carbocycles. The fraction of sp³-hybridized carbons (Fsp3) is 0.667. The SMILES string of the molecule is BrC(Br)=CC12CCC(C=C(Br)Br)(CC1)CC2. The van der Waals surface area contributed by atoms with Gasteiger partial charge in [-0.15, -0.1) is 0 Å². The highest BCUT2D eigenvalue weighted by Gasteiger charge is 2.46. The monoisotopic (exact) mass is 474 g/mol. The van der Waals surface area contributed by atoms with Crippen molar-refractivity contribution in [1.82, 2.24) is 0 Å². The smallest absolute Gasteiger partial charge is 0.0569 e. The van der Waals surface area contributed by atoms with Crippen LogP contribution in [0.5, 0.6) is 0 Å². The van der Waals surface area contributed by atoms with Crippen molar-refractivity contribution in [2.75, 3.05) is 0 Å². The zero-order valence-electron chi connectivity index (χ0n) is 8.91. The van der Waals surface area contributed by atoms with Gasteiger partial charge in [-0.3, -0.25) is 0 Å². The number of fused-ring (bicyclic) bond motifs is 3. The highest BCUT2D eigenvalue weighted by atomic mass is 79.9. The number of halogens is 4. The lowest BCUT2D eigenvalue weighted by Crippen LogP contribution is -2.39. The van der Waals surface area contributed by atoms with E-state index in [9.17, 15) is 0 Å². The van der Waals surface area contributed by atoms with E-state index in [1.54, 1.807) is 0 Å². The van der Waals surface area contributed by atoms with E-state index in [0.29, 0.717) is 10.8 Å². The highest BCUT2D eigenvalue weighted by Crippen LogP contribution is 2.59. The first-order chi connectivity index (χ1) is 7.45. The van der Waals surface area contributed by atoms with Crippen LogP contribution in [0, 0.1) is 10.8 Å². The van der Waals surface area contributed by atoms with Gasteiger partial charge in [-0.25, -0.2) is 0 Å². The van der Waals surface area contributed by atoms with E-state index >= 15 is 0 Å². The fourth-order valence-electron chi connectivity index (χ4n) is 3.14. The summed E-state index contributed by atoms with van der Waals surface area (Å²) in [6, 6.07) is 0. The molecule has 3 fully saturated rings. The van der Waals surface area contributed by atoms with E-state index in [-0.39, 0.29) is 0 Å². The number of allylic oxidation sites excluding steroid dienone is 2. The van der Waals surface area contributed by atoms with Crippen LogP contribution in [0.1, 0.15) is 38.5 Å². The van der Waals surface area contributed by atoms with Crippen LogP contribution < -0.4 is 0 Å². The van der Waals surface area contributed by atoms with Crippen LogP contribution in [-0.4, -0.2) is 0 Å². The maximum atomic E-state index is 3.51.